The van der Waals surface area contributed by atoms with Gasteiger partial charge in [0.2, 0.25) is 0 Å². The van der Waals surface area contributed by atoms with Crippen LogP contribution in [0.25, 0.3) is 0 Å². The van der Waals surface area contributed by atoms with Crippen LogP contribution in [0.5, 0.6) is 0 Å². The largest absolute Gasteiger partial charge is 0.396 e. The summed E-state index contributed by atoms with van der Waals surface area (Å²) in [7, 11) is -1.75. The Morgan fingerprint density at radius 2 is 2.00 bits per heavy atom. The molecule has 0 saturated carbocycles. The van der Waals surface area contributed by atoms with E-state index in [1.165, 1.54) is 8.61 Å². The molecule has 3 N–H and O–H groups in total. The van der Waals surface area contributed by atoms with Crippen LogP contribution >= 0.6 is 0 Å². The van der Waals surface area contributed by atoms with Crippen LogP contribution in [0, 0.1) is 5.92 Å². The highest BCUT2D eigenvalue weighted by Crippen LogP contribution is 2.20. The van der Waals surface area contributed by atoms with E-state index in [2.05, 4.69) is 0 Å². The first-order valence-corrected chi connectivity index (χ1v) is 7.44. The Labute approximate surface area is 104 Å². The lowest BCUT2D eigenvalue weighted by Gasteiger charge is -2.33. The maximum atomic E-state index is 12.1. The van der Waals surface area contributed by atoms with Gasteiger partial charge in [0.05, 0.1) is 0 Å². The van der Waals surface area contributed by atoms with Crippen molar-refractivity contribution in [2.24, 2.45) is 11.7 Å². The highest BCUT2D eigenvalue weighted by atomic mass is 32.2. The zero-order valence-corrected chi connectivity index (χ0v) is 11.2. The maximum Gasteiger partial charge on any atom is 0.281 e. The Balaban J connectivity index is 2.53. The second kappa shape index (κ2) is 6.65. The predicted molar refractivity (Wildman–Crippen MR) is 66.6 cm³/mol. The molecule has 1 saturated heterocycles. The molecule has 102 valence electrons. The molecular formula is C10H23N3O3S. The van der Waals surface area contributed by atoms with Gasteiger partial charge in [0.15, 0.2) is 0 Å². The summed E-state index contributed by atoms with van der Waals surface area (Å²) >= 11 is 0. The number of hydrogen-bond acceptors (Lipinski definition) is 4. The molecule has 17 heavy (non-hydrogen) atoms. The first kappa shape index (κ1) is 14.8. The molecule has 0 aromatic rings. The standard InChI is InChI=1S/C10H23N3O3S/c1-12(6-2-5-11)17(15,16)13-7-3-10(9-14)4-8-13/h10,14H,2-9,11H2,1H3. The minimum Gasteiger partial charge on any atom is -0.396 e. The van der Waals surface area contributed by atoms with E-state index in [9.17, 15) is 8.42 Å². The molecule has 1 fully saturated rings. The molecule has 0 unspecified atom stereocenters. The zero-order chi connectivity index (χ0) is 12.9. The number of aliphatic hydroxyl groups excluding tert-OH is 1. The molecular weight excluding hydrogens is 242 g/mol. The van der Waals surface area contributed by atoms with Crippen molar-refractivity contribution in [2.45, 2.75) is 19.3 Å². The molecule has 1 heterocycles. The minimum absolute atomic E-state index is 0.150. The normalized spacial score (nSPS) is 20.0. The average Bonchev–Trinajstić information content (AvgIpc) is 2.35. The Kier molecular flexibility index (Phi) is 5.81. The maximum absolute atomic E-state index is 12.1. The topological polar surface area (TPSA) is 86.9 Å². The summed E-state index contributed by atoms with van der Waals surface area (Å²) in [4.78, 5) is 0. The van der Waals surface area contributed by atoms with Crippen LogP contribution in [0.1, 0.15) is 19.3 Å². The van der Waals surface area contributed by atoms with Crippen LogP contribution in [0.3, 0.4) is 0 Å². The van der Waals surface area contributed by atoms with Crippen LogP contribution < -0.4 is 5.73 Å². The van der Waals surface area contributed by atoms with E-state index in [0.717, 1.165) is 12.8 Å². The van der Waals surface area contributed by atoms with Crippen LogP contribution in [0.2, 0.25) is 0 Å². The molecule has 7 heteroatoms. The van der Waals surface area contributed by atoms with Crippen LogP contribution in [0.15, 0.2) is 0 Å². The van der Waals surface area contributed by atoms with Gasteiger partial charge < -0.3 is 10.8 Å². The highest BCUT2D eigenvalue weighted by Gasteiger charge is 2.30. The van der Waals surface area contributed by atoms with Crippen molar-refractivity contribution >= 4 is 10.2 Å². The van der Waals surface area contributed by atoms with Crippen molar-refractivity contribution < 1.29 is 13.5 Å². The number of rotatable bonds is 6. The summed E-state index contributed by atoms with van der Waals surface area (Å²) < 4.78 is 27.1. The van der Waals surface area contributed by atoms with Gasteiger partial charge in [-0.05, 0) is 31.7 Å². The van der Waals surface area contributed by atoms with Gasteiger partial charge in [-0.2, -0.15) is 17.0 Å². The lowest BCUT2D eigenvalue weighted by Crippen LogP contribution is -2.46. The predicted octanol–water partition coefficient (Wildman–Crippen LogP) is -0.784. The molecule has 0 aromatic carbocycles. The SMILES string of the molecule is CN(CCCN)S(=O)(=O)N1CCC(CO)CC1. The molecule has 0 amide bonds. The van der Waals surface area contributed by atoms with Gasteiger partial charge in [0.1, 0.15) is 0 Å². The van der Waals surface area contributed by atoms with E-state index in [0.29, 0.717) is 32.6 Å². The summed E-state index contributed by atoms with van der Waals surface area (Å²) in [6.07, 6.45) is 2.14. The van der Waals surface area contributed by atoms with Gasteiger partial charge in [0, 0.05) is 33.3 Å². The second-order valence-electron chi connectivity index (χ2n) is 4.50. The zero-order valence-electron chi connectivity index (χ0n) is 10.4. The molecule has 6 nitrogen and oxygen atoms in total. The molecule has 0 bridgehead atoms. The Morgan fingerprint density at radius 1 is 1.41 bits per heavy atom. The van der Waals surface area contributed by atoms with E-state index in [4.69, 9.17) is 10.8 Å². The van der Waals surface area contributed by atoms with Crippen molar-refractivity contribution in [1.82, 2.24) is 8.61 Å². The van der Waals surface area contributed by atoms with Crippen molar-refractivity contribution in [1.29, 1.82) is 0 Å². The van der Waals surface area contributed by atoms with E-state index in [1.807, 2.05) is 0 Å². The number of nitrogens with two attached hydrogens (primary N) is 1. The molecule has 0 aliphatic carbocycles. The molecule has 1 rings (SSSR count). The van der Waals surface area contributed by atoms with Crippen LogP contribution in [-0.2, 0) is 10.2 Å². The van der Waals surface area contributed by atoms with Crippen LogP contribution in [-0.4, -0.2) is 62.0 Å². The third kappa shape index (κ3) is 3.89. The summed E-state index contributed by atoms with van der Waals surface area (Å²) in [6.45, 7) is 2.10. The van der Waals surface area contributed by atoms with Crippen molar-refractivity contribution in [3.63, 3.8) is 0 Å². The summed E-state index contributed by atoms with van der Waals surface area (Å²) in [5.41, 5.74) is 5.37. The van der Waals surface area contributed by atoms with Gasteiger partial charge in [-0.15, -0.1) is 0 Å². The van der Waals surface area contributed by atoms with Gasteiger partial charge >= 0.3 is 0 Å². The van der Waals surface area contributed by atoms with Gasteiger partial charge in [-0.3, -0.25) is 0 Å². The average molecular weight is 265 g/mol. The van der Waals surface area contributed by atoms with E-state index >= 15 is 0 Å². The fraction of sp³-hybridized carbons (Fsp3) is 1.00. The van der Waals surface area contributed by atoms with Crippen molar-refractivity contribution in [3.8, 4) is 0 Å². The third-order valence-electron chi connectivity index (χ3n) is 3.23. The third-order valence-corrected chi connectivity index (χ3v) is 5.22. The smallest absolute Gasteiger partial charge is 0.281 e. The van der Waals surface area contributed by atoms with E-state index < -0.39 is 10.2 Å². The lowest BCUT2D eigenvalue weighted by atomic mass is 10.00. The molecule has 0 spiro atoms. The first-order valence-electron chi connectivity index (χ1n) is 6.04. The van der Waals surface area contributed by atoms with E-state index in [1.54, 1.807) is 7.05 Å². The number of nitrogens with zero attached hydrogens (tertiary/aromatic N) is 2. The Hall–Kier alpha value is -0.210. The molecule has 0 radical (unpaired) electrons. The Bertz CT molecular complexity index is 313. The van der Waals surface area contributed by atoms with Gasteiger partial charge in [-0.25, -0.2) is 0 Å². The van der Waals surface area contributed by atoms with Gasteiger partial charge in [-0.1, -0.05) is 0 Å². The van der Waals surface area contributed by atoms with Crippen LogP contribution in [0.4, 0.5) is 0 Å². The quantitative estimate of drug-likeness (QED) is 0.659. The van der Waals surface area contributed by atoms with Crippen molar-refractivity contribution in [3.05, 3.63) is 0 Å². The number of hydrogen-bond donors (Lipinski definition) is 2. The van der Waals surface area contributed by atoms with Crippen molar-refractivity contribution in [2.75, 3.05) is 39.8 Å². The molecule has 0 aromatic heterocycles. The molecule has 1 aliphatic rings. The van der Waals surface area contributed by atoms with Gasteiger partial charge in [0.25, 0.3) is 10.2 Å². The molecule has 0 atom stereocenters. The molecule has 1 aliphatic heterocycles. The summed E-state index contributed by atoms with van der Waals surface area (Å²) in [6, 6.07) is 0. The highest BCUT2D eigenvalue weighted by molar-refractivity contribution is 7.86. The van der Waals surface area contributed by atoms with E-state index in [-0.39, 0.29) is 12.5 Å². The summed E-state index contributed by atoms with van der Waals surface area (Å²) in [5, 5.41) is 9.01. The number of aliphatic hydroxyl groups is 1. The fourth-order valence-electron chi connectivity index (χ4n) is 1.95. The number of piperidine rings is 1. The Morgan fingerprint density at radius 3 is 2.47 bits per heavy atom. The second-order valence-corrected chi connectivity index (χ2v) is 6.53. The minimum atomic E-state index is -3.34. The lowest BCUT2D eigenvalue weighted by molar-refractivity contribution is 0.167. The summed E-state index contributed by atoms with van der Waals surface area (Å²) in [5.74, 6) is 0.246. The fourth-order valence-corrected chi connectivity index (χ4v) is 3.38. The monoisotopic (exact) mass is 265 g/mol. The first-order chi connectivity index (χ1) is 8.02.